The zero-order chi connectivity index (χ0) is 25.7. The minimum Gasteiger partial charge on any atom is -0.487 e. The fourth-order valence-electron chi connectivity index (χ4n) is 4.20. The van der Waals surface area contributed by atoms with Crippen molar-refractivity contribution in [3.63, 3.8) is 0 Å². The molecule has 0 fully saturated rings. The Balaban J connectivity index is 0.00000210. The first-order valence-corrected chi connectivity index (χ1v) is 14.7. The summed E-state index contributed by atoms with van der Waals surface area (Å²) in [4.78, 5) is 14.0. The van der Waals surface area contributed by atoms with E-state index in [1.807, 2.05) is 12.1 Å². The van der Waals surface area contributed by atoms with Gasteiger partial charge in [-0.2, -0.15) is 11.8 Å². The number of hydrogen-bond acceptors (Lipinski definition) is 9. The van der Waals surface area contributed by atoms with Crippen LogP contribution in [0.3, 0.4) is 0 Å². The van der Waals surface area contributed by atoms with Crippen LogP contribution >= 0.6 is 36.6 Å². The Kier molecular flexibility index (Phi) is 10.6. The number of nitrogens with one attached hydrogen (secondary N) is 2. The monoisotopic (exact) mass is 605 g/mol. The van der Waals surface area contributed by atoms with Crippen LogP contribution in [0.2, 0.25) is 0 Å². The molecule has 0 saturated carbocycles. The van der Waals surface area contributed by atoms with Gasteiger partial charge in [-0.1, -0.05) is 18.2 Å². The summed E-state index contributed by atoms with van der Waals surface area (Å²) in [6, 6.07) is 17.0. The molecule has 1 unspecified atom stereocenters. The Morgan fingerprint density at radius 1 is 1.00 bits per heavy atom. The first-order valence-electron chi connectivity index (χ1n) is 11.8. The fourth-order valence-corrected chi connectivity index (χ4v) is 5.83. The number of pyridine rings is 1. The molecule has 39 heavy (non-hydrogen) atoms. The number of rotatable bonds is 10. The van der Waals surface area contributed by atoms with Crippen molar-refractivity contribution in [2.45, 2.75) is 21.8 Å². The third kappa shape index (κ3) is 6.64. The zero-order valence-electron chi connectivity index (χ0n) is 21.1. The van der Waals surface area contributed by atoms with E-state index in [-0.39, 0.29) is 34.6 Å². The molecule has 4 aromatic rings. The van der Waals surface area contributed by atoms with Crippen molar-refractivity contribution in [2.75, 3.05) is 30.4 Å². The molecule has 0 radical (unpaired) electrons. The van der Waals surface area contributed by atoms with Crippen molar-refractivity contribution < 1.29 is 13.2 Å². The molecule has 2 aromatic carbocycles. The predicted octanol–water partition coefficient (Wildman–Crippen LogP) is 5.53. The van der Waals surface area contributed by atoms with Crippen molar-refractivity contribution in [3.8, 4) is 0 Å². The maximum absolute atomic E-state index is 12.9. The number of anilines is 2. The summed E-state index contributed by atoms with van der Waals surface area (Å²) in [6.45, 7) is 1.51. The van der Waals surface area contributed by atoms with Crippen LogP contribution in [0, 0.1) is 0 Å². The van der Waals surface area contributed by atoms with Gasteiger partial charge >= 0.3 is 0 Å². The summed E-state index contributed by atoms with van der Waals surface area (Å²) in [5.74, 6) is 1.62. The second-order valence-corrected chi connectivity index (χ2v) is 11.6. The summed E-state index contributed by atoms with van der Waals surface area (Å²) in [7, 11) is -3.59. The van der Waals surface area contributed by atoms with Crippen LogP contribution in [-0.4, -0.2) is 48.5 Å². The number of halogens is 2. The standard InChI is InChI=1S/C27H27N5O3S2.2ClH/c1-36-15-13-28-18-27(12-5-14-35-27)25-16-23-24(17-29-25)30-19-31-26(23)32-20-8-10-22(11-9-20)37(33,34)21-6-3-2-4-7-21;;/h2-11,14,16-17,19,28H,12-13,15,18H2,1H3,(H,30,31,32);2*1H. The van der Waals surface area contributed by atoms with E-state index in [0.29, 0.717) is 30.0 Å². The van der Waals surface area contributed by atoms with Crippen LogP contribution in [0.4, 0.5) is 11.5 Å². The van der Waals surface area contributed by atoms with E-state index in [9.17, 15) is 8.42 Å². The topological polar surface area (TPSA) is 106 Å². The molecule has 0 aliphatic carbocycles. The van der Waals surface area contributed by atoms with Gasteiger partial charge in [-0.25, -0.2) is 18.4 Å². The lowest BCUT2D eigenvalue weighted by molar-refractivity contribution is 0.0378. The molecule has 206 valence electrons. The molecule has 12 heteroatoms. The number of ether oxygens (including phenoxy) is 1. The normalized spacial score (nSPS) is 16.2. The summed E-state index contributed by atoms with van der Waals surface area (Å²) in [5.41, 5.74) is 1.61. The number of benzene rings is 2. The molecule has 8 nitrogen and oxygen atoms in total. The van der Waals surface area contributed by atoms with Gasteiger partial charge in [-0.15, -0.1) is 24.8 Å². The first-order chi connectivity index (χ1) is 18.0. The number of hydrogen-bond donors (Lipinski definition) is 2. The highest BCUT2D eigenvalue weighted by Gasteiger charge is 2.37. The third-order valence-corrected chi connectivity index (χ3v) is 8.60. The van der Waals surface area contributed by atoms with Crippen molar-refractivity contribution >= 4 is 68.8 Å². The van der Waals surface area contributed by atoms with Crippen LogP contribution in [0.15, 0.2) is 95.3 Å². The van der Waals surface area contributed by atoms with E-state index >= 15 is 0 Å². The molecule has 3 heterocycles. The Hall–Kier alpha value is -2.89. The Morgan fingerprint density at radius 2 is 1.74 bits per heavy atom. The predicted molar refractivity (Wildman–Crippen MR) is 161 cm³/mol. The molecule has 0 saturated heterocycles. The molecule has 5 rings (SSSR count). The number of thioether (sulfide) groups is 1. The molecule has 2 N–H and O–H groups in total. The third-order valence-electron chi connectivity index (χ3n) is 6.20. The van der Waals surface area contributed by atoms with Gasteiger partial charge in [-0.05, 0) is 54.8 Å². The highest BCUT2D eigenvalue weighted by molar-refractivity contribution is 7.98. The Morgan fingerprint density at radius 3 is 2.44 bits per heavy atom. The summed E-state index contributed by atoms with van der Waals surface area (Å²) < 4.78 is 31.9. The van der Waals surface area contributed by atoms with Crippen molar-refractivity contribution in [3.05, 3.63) is 91.2 Å². The minimum atomic E-state index is -3.59. The van der Waals surface area contributed by atoms with Gasteiger partial charge in [0.2, 0.25) is 9.84 Å². The minimum absolute atomic E-state index is 0. The number of sulfone groups is 1. The van der Waals surface area contributed by atoms with Gasteiger partial charge in [0, 0.05) is 36.3 Å². The van der Waals surface area contributed by atoms with E-state index in [1.54, 1.807) is 78.8 Å². The van der Waals surface area contributed by atoms with E-state index < -0.39 is 15.4 Å². The van der Waals surface area contributed by atoms with Crippen LogP contribution in [0.5, 0.6) is 0 Å². The lowest BCUT2D eigenvalue weighted by Gasteiger charge is -2.29. The second-order valence-electron chi connectivity index (χ2n) is 8.63. The van der Waals surface area contributed by atoms with Crippen LogP contribution < -0.4 is 10.6 Å². The van der Waals surface area contributed by atoms with Crippen LogP contribution in [0.25, 0.3) is 10.9 Å². The SMILES string of the molecule is CSCCNCC1(c2cc3c(Nc4ccc(S(=O)(=O)c5ccccc5)cc4)ncnc3cn2)CC=CO1.Cl.Cl. The van der Waals surface area contributed by atoms with E-state index in [2.05, 4.69) is 31.8 Å². The molecule has 0 bridgehead atoms. The van der Waals surface area contributed by atoms with E-state index in [0.717, 1.165) is 23.4 Å². The average molecular weight is 607 g/mol. The highest BCUT2D eigenvalue weighted by atomic mass is 35.5. The van der Waals surface area contributed by atoms with Crippen molar-refractivity contribution in [1.82, 2.24) is 20.3 Å². The maximum Gasteiger partial charge on any atom is 0.206 e. The lowest BCUT2D eigenvalue weighted by atomic mass is 9.94. The van der Waals surface area contributed by atoms with Gasteiger partial charge in [-0.3, -0.25) is 4.98 Å². The van der Waals surface area contributed by atoms with Crippen molar-refractivity contribution in [2.24, 2.45) is 0 Å². The summed E-state index contributed by atoms with van der Waals surface area (Å²) >= 11 is 1.79. The molecule has 1 aliphatic rings. The lowest BCUT2D eigenvalue weighted by Crippen LogP contribution is -2.39. The molecule has 2 aromatic heterocycles. The number of aromatic nitrogens is 3. The van der Waals surface area contributed by atoms with Crippen LogP contribution in [-0.2, 0) is 20.2 Å². The Bertz CT molecular complexity index is 1510. The molecular formula is C27H29Cl2N5O3S2. The molecule has 1 atom stereocenters. The smallest absolute Gasteiger partial charge is 0.206 e. The number of nitrogens with zero attached hydrogens (tertiary/aromatic N) is 3. The van der Waals surface area contributed by atoms with Gasteiger partial charge in [0.25, 0.3) is 0 Å². The van der Waals surface area contributed by atoms with E-state index in [1.165, 1.54) is 6.33 Å². The largest absolute Gasteiger partial charge is 0.487 e. The quantitative estimate of drug-likeness (QED) is 0.226. The van der Waals surface area contributed by atoms with E-state index in [4.69, 9.17) is 4.74 Å². The fraction of sp³-hybridized carbons (Fsp3) is 0.222. The Labute approximate surface area is 244 Å². The molecule has 1 aliphatic heterocycles. The van der Waals surface area contributed by atoms with Gasteiger partial charge in [0.05, 0.1) is 33.5 Å². The number of fused-ring (bicyclic) bond motifs is 1. The molecule has 0 amide bonds. The highest BCUT2D eigenvalue weighted by Crippen LogP contribution is 2.35. The summed E-state index contributed by atoms with van der Waals surface area (Å²) in [5, 5.41) is 7.58. The molecule has 0 spiro atoms. The average Bonchev–Trinajstić information content (AvgIpc) is 3.42. The van der Waals surface area contributed by atoms with Crippen molar-refractivity contribution in [1.29, 1.82) is 0 Å². The molecular weight excluding hydrogens is 577 g/mol. The zero-order valence-corrected chi connectivity index (χ0v) is 24.4. The summed E-state index contributed by atoms with van der Waals surface area (Å²) in [6.07, 6.45) is 9.75. The van der Waals surface area contributed by atoms with Gasteiger partial charge in [0.1, 0.15) is 12.1 Å². The first kappa shape index (κ1) is 30.6. The second kappa shape index (κ2) is 13.5. The van der Waals surface area contributed by atoms with Gasteiger partial charge < -0.3 is 15.4 Å². The van der Waals surface area contributed by atoms with Gasteiger partial charge in [0.15, 0.2) is 5.60 Å². The van der Waals surface area contributed by atoms with Crippen LogP contribution in [0.1, 0.15) is 12.1 Å². The maximum atomic E-state index is 12.9.